The number of hydrogen-bond donors (Lipinski definition) is 1. The molecule has 0 aromatic heterocycles. The van der Waals surface area contributed by atoms with Gasteiger partial charge in [-0.3, -0.25) is 4.90 Å². The van der Waals surface area contributed by atoms with Crippen LogP contribution in [0.5, 0.6) is 0 Å². The van der Waals surface area contributed by atoms with Crippen molar-refractivity contribution in [1.29, 1.82) is 0 Å². The first kappa shape index (κ1) is 15.8. The molecule has 0 atom stereocenters. The van der Waals surface area contributed by atoms with E-state index in [-0.39, 0.29) is 4.90 Å². The van der Waals surface area contributed by atoms with Crippen molar-refractivity contribution in [3.8, 4) is 0 Å². The van der Waals surface area contributed by atoms with Crippen LogP contribution in [-0.4, -0.2) is 49.8 Å². The number of sulfonamides is 1. The number of nitrogen functional groups attached to an aromatic ring is 1. The lowest BCUT2D eigenvalue weighted by atomic mass is 10.3. The zero-order valence-corrected chi connectivity index (χ0v) is 14.1. The average Bonchev–Trinajstić information content (AvgIpc) is 2.41. The van der Waals surface area contributed by atoms with E-state index in [9.17, 15) is 8.42 Å². The molecule has 1 aromatic rings. The molecule has 1 aliphatic rings. The monoisotopic (exact) mass is 361 g/mol. The van der Waals surface area contributed by atoms with Crippen LogP contribution in [-0.2, 0) is 10.0 Å². The number of piperazine rings is 1. The molecule has 0 spiro atoms. The molecule has 2 rings (SSSR count). The molecule has 1 aliphatic heterocycles. The van der Waals surface area contributed by atoms with Gasteiger partial charge < -0.3 is 5.73 Å². The van der Waals surface area contributed by atoms with E-state index in [2.05, 4.69) is 34.7 Å². The Labute approximate surface area is 128 Å². The molecule has 1 saturated heterocycles. The quantitative estimate of drug-likeness (QED) is 0.832. The number of nitrogens with two attached hydrogens (primary N) is 1. The van der Waals surface area contributed by atoms with Crippen LogP contribution in [0.2, 0.25) is 0 Å². The van der Waals surface area contributed by atoms with Gasteiger partial charge in [-0.05, 0) is 48.0 Å². The summed E-state index contributed by atoms with van der Waals surface area (Å²) in [5.74, 6) is 0. The van der Waals surface area contributed by atoms with Crippen molar-refractivity contribution in [3.05, 3.63) is 22.7 Å². The minimum Gasteiger partial charge on any atom is -0.399 e. The highest BCUT2D eigenvalue weighted by Crippen LogP contribution is 2.27. The molecule has 1 heterocycles. The lowest BCUT2D eigenvalue weighted by Gasteiger charge is -2.36. The molecule has 0 amide bonds. The maximum absolute atomic E-state index is 12.7. The Balaban J connectivity index is 2.22. The molecule has 5 nitrogen and oxygen atoms in total. The third kappa shape index (κ3) is 3.16. The molecule has 2 N–H and O–H groups in total. The van der Waals surface area contributed by atoms with Crippen LogP contribution in [0.1, 0.15) is 13.8 Å². The topological polar surface area (TPSA) is 66.6 Å². The van der Waals surface area contributed by atoms with E-state index >= 15 is 0 Å². The maximum atomic E-state index is 12.7. The van der Waals surface area contributed by atoms with Crippen molar-refractivity contribution < 1.29 is 8.42 Å². The Hall–Kier alpha value is -0.630. The van der Waals surface area contributed by atoms with Gasteiger partial charge in [0.25, 0.3) is 0 Å². The third-order valence-corrected chi connectivity index (χ3v) is 6.47. The summed E-state index contributed by atoms with van der Waals surface area (Å²) >= 11 is 3.30. The summed E-state index contributed by atoms with van der Waals surface area (Å²) in [7, 11) is -3.48. The summed E-state index contributed by atoms with van der Waals surface area (Å²) < 4.78 is 27.4. The Morgan fingerprint density at radius 1 is 1.20 bits per heavy atom. The number of halogens is 1. The molecular formula is C13H20BrN3O2S. The van der Waals surface area contributed by atoms with Gasteiger partial charge in [-0.25, -0.2) is 8.42 Å². The number of hydrogen-bond acceptors (Lipinski definition) is 4. The van der Waals surface area contributed by atoms with Crippen LogP contribution in [0.25, 0.3) is 0 Å². The summed E-state index contributed by atoms with van der Waals surface area (Å²) in [5.41, 5.74) is 6.15. The molecule has 1 fully saturated rings. The van der Waals surface area contributed by atoms with Gasteiger partial charge in [-0.15, -0.1) is 0 Å². The summed E-state index contributed by atoms with van der Waals surface area (Å²) in [4.78, 5) is 2.52. The van der Waals surface area contributed by atoms with Gasteiger partial charge >= 0.3 is 0 Å². The van der Waals surface area contributed by atoms with Gasteiger partial charge in [0.1, 0.15) is 0 Å². The largest absolute Gasteiger partial charge is 0.399 e. The fourth-order valence-corrected chi connectivity index (χ4v) is 4.70. The second-order valence-electron chi connectivity index (χ2n) is 5.22. The van der Waals surface area contributed by atoms with E-state index in [1.165, 1.54) is 10.4 Å². The molecule has 1 aromatic carbocycles. The summed E-state index contributed by atoms with van der Waals surface area (Å²) in [5, 5.41) is 0. The smallest absolute Gasteiger partial charge is 0.244 e. The summed E-state index contributed by atoms with van der Waals surface area (Å²) in [6.07, 6.45) is 0. The minimum absolute atomic E-state index is 0.246. The lowest BCUT2D eigenvalue weighted by Crippen LogP contribution is -2.50. The Morgan fingerprint density at radius 2 is 1.80 bits per heavy atom. The van der Waals surface area contributed by atoms with Gasteiger partial charge in [0, 0.05) is 42.4 Å². The second kappa shape index (κ2) is 6.01. The van der Waals surface area contributed by atoms with Crippen molar-refractivity contribution in [2.24, 2.45) is 0 Å². The third-order valence-electron chi connectivity index (χ3n) is 3.58. The van der Waals surface area contributed by atoms with Crippen molar-refractivity contribution in [1.82, 2.24) is 9.21 Å². The molecule has 0 aliphatic carbocycles. The van der Waals surface area contributed by atoms with Crippen LogP contribution >= 0.6 is 15.9 Å². The first-order valence-electron chi connectivity index (χ1n) is 6.61. The normalized spacial score (nSPS) is 18.6. The number of nitrogens with zero attached hydrogens (tertiary/aromatic N) is 2. The fraction of sp³-hybridized carbons (Fsp3) is 0.538. The Morgan fingerprint density at radius 3 is 2.35 bits per heavy atom. The zero-order valence-electron chi connectivity index (χ0n) is 11.7. The van der Waals surface area contributed by atoms with E-state index in [0.29, 0.717) is 29.3 Å². The highest BCUT2D eigenvalue weighted by Gasteiger charge is 2.30. The predicted molar refractivity (Wildman–Crippen MR) is 84.0 cm³/mol. The van der Waals surface area contributed by atoms with E-state index in [1.807, 2.05) is 0 Å². The molecule has 112 valence electrons. The Bertz CT molecular complexity index is 581. The first-order valence-corrected chi connectivity index (χ1v) is 8.85. The predicted octanol–water partition coefficient (Wildman–Crippen LogP) is 1.75. The van der Waals surface area contributed by atoms with Crippen LogP contribution in [0, 0.1) is 0 Å². The van der Waals surface area contributed by atoms with E-state index < -0.39 is 10.0 Å². The highest BCUT2D eigenvalue weighted by molar-refractivity contribution is 9.10. The molecule has 0 unspecified atom stereocenters. The van der Waals surface area contributed by atoms with Gasteiger partial charge in [0.15, 0.2) is 0 Å². The van der Waals surface area contributed by atoms with Gasteiger partial charge in [0.2, 0.25) is 10.0 Å². The molecular weight excluding hydrogens is 342 g/mol. The van der Waals surface area contributed by atoms with Crippen LogP contribution < -0.4 is 5.73 Å². The summed E-state index contributed by atoms with van der Waals surface area (Å²) in [6.45, 7) is 6.80. The van der Waals surface area contributed by atoms with Crippen molar-refractivity contribution in [2.75, 3.05) is 31.9 Å². The molecule has 0 bridgehead atoms. The standard InChI is InChI=1S/C13H20BrN3O2S/c1-10(2)16-5-7-17(8-6-16)20(18,19)13-9-11(15)3-4-12(13)14/h3-4,9-10H,5-8,15H2,1-2H3. The molecule has 20 heavy (non-hydrogen) atoms. The molecule has 7 heteroatoms. The van der Waals surface area contributed by atoms with Crippen LogP contribution in [0.15, 0.2) is 27.6 Å². The second-order valence-corrected chi connectivity index (χ2v) is 7.98. The minimum atomic E-state index is -3.48. The van der Waals surface area contributed by atoms with Crippen LogP contribution in [0.3, 0.4) is 0 Å². The zero-order chi connectivity index (χ0) is 14.9. The van der Waals surface area contributed by atoms with E-state index in [1.54, 1.807) is 12.1 Å². The van der Waals surface area contributed by atoms with Crippen molar-refractivity contribution >= 4 is 31.6 Å². The average molecular weight is 362 g/mol. The maximum Gasteiger partial charge on any atom is 0.244 e. The Kier molecular flexibility index (Phi) is 4.73. The van der Waals surface area contributed by atoms with Crippen LogP contribution in [0.4, 0.5) is 5.69 Å². The molecule has 0 saturated carbocycles. The number of anilines is 1. The summed E-state index contributed by atoms with van der Waals surface area (Å²) in [6, 6.07) is 5.31. The van der Waals surface area contributed by atoms with E-state index in [0.717, 1.165) is 13.1 Å². The van der Waals surface area contributed by atoms with Gasteiger partial charge in [-0.2, -0.15) is 4.31 Å². The van der Waals surface area contributed by atoms with Crippen molar-refractivity contribution in [3.63, 3.8) is 0 Å². The number of benzene rings is 1. The van der Waals surface area contributed by atoms with Gasteiger partial charge in [0.05, 0.1) is 4.90 Å². The van der Waals surface area contributed by atoms with Gasteiger partial charge in [-0.1, -0.05) is 0 Å². The fourth-order valence-electron chi connectivity index (χ4n) is 2.32. The van der Waals surface area contributed by atoms with E-state index in [4.69, 9.17) is 5.73 Å². The number of rotatable bonds is 3. The lowest BCUT2D eigenvalue weighted by molar-refractivity contribution is 0.154. The first-order chi connectivity index (χ1) is 9.32. The SMILES string of the molecule is CC(C)N1CCN(S(=O)(=O)c2cc(N)ccc2Br)CC1. The highest BCUT2D eigenvalue weighted by atomic mass is 79.9. The van der Waals surface area contributed by atoms with Crippen molar-refractivity contribution in [2.45, 2.75) is 24.8 Å². The molecule has 0 radical (unpaired) electrons.